The van der Waals surface area contributed by atoms with E-state index in [1.165, 1.54) is 6.07 Å². The predicted octanol–water partition coefficient (Wildman–Crippen LogP) is 2.82. The molecule has 0 unspecified atom stereocenters. The Balaban J connectivity index is 2.22. The van der Waals surface area contributed by atoms with E-state index in [0.717, 1.165) is 29.1 Å². The summed E-state index contributed by atoms with van der Waals surface area (Å²) < 4.78 is 27.6. The lowest BCUT2D eigenvalue weighted by molar-refractivity contribution is 0.150. The third kappa shape index (κ3) is 2.66. The van der Waals surface area contributed by atoms with Crippen molar-refractivity contribution in [3.05, 3.63) is 52.3 Å². The van der Waals surface area contributed by atoms with E-state index in [1.54, 1.807) is 4.68 Å². The monoisotopic (exact) mass is 266 g/mol. The molecule has 1 heterocycles. The van der Waals surface area contributed by atoms with Crippen molar-refractivity contribution in [3.8, 4) is 0 Å². The summed E-state index contributed by atoms with van der Waals surface area (Å²) in [5.41, 5.74) is 3.26. The quantitative estimate of drug-likeness (QED) is 0.927. The first-order chi connectivity index (χ1) is 8.90. The van der Waals surface area contributed by atoms with Crippen molar-refractivity contribution in [3.63, 3.8) is 0 Å². The summed E-state index contributed by atoms with van der Waals surface area (Å²) in [5.74, 6) is -1.88. The van der Waals surface area contributed by atoms with Crippen LogP contribution in [0.4, 0.5) is 8.78 Å². The van der Waals surface area contributed by atoms with E-state index in [-0.39, 0.29) is 6.54 Å². The maximum absolute atomic E-state index is 13.1. The van der Waals surface area contributed by atoms with Crippen LogP contribution in [-0.2, 0) is 6.54 Å². The van der Waals surface area contributed by atoms with Crippen LogP contribution in [0.2, 0.25) is 0 Å². The molecule has 0 aliphatic carbocycles. The van der Waals surface area contributed by atoms with Crippen LogP contribution in [-0.4, -0.2) is 14.9 Å². The van der Waals surface area contributed by atoms with Crippen LogP contribution < -0.4 is 0 Å². The lowest BCUT2D eigenvalue weighted by Crippen LogP contribution is -2.12. The van der Waals surface area contributed by atoms with Crippen LogP contribution >= 0.6 is 0 Å². The number of rotatable bonds is 3. The van der Waals surface area contributed by atoms with Crippen molar-refractivity contribution in [2.45, 2.75) is 33.4 Å². The second-order valence-corrected chi connectivity index (χ2v) is 4.67. The van der Waals surface area contributed by atoms with Gasteiger partial charge in [-0.05, 0) is 44.0 Å². The van der Waals surface area contributed by atoms with Gasteiger partial charge in [-0.1, -0.05) is 6.07 Å². The van der Waals surface area contributed by atoms with Gasteiger partial charge in [-0.3, -0.25) is 4.68 Å². The second-order valence-electron chi connectivity index (χ2n) is 4.67. The smallest absolute Gasteiger partial charge is 0.159 e. The molecule has 2 rings (SSSR count). The molecule has 0 saturated heterocycles. The molecule has 0 bridgehead atoms. The van der Waals surface area contributed by atoms with Crippen molar-refractivity contribution in [1.82, 2.24) is 9.78 Å². The Bertz CT molecular complexity index is 608. The van der Waals surface area contributed by atoms with E-state index in [9.17, 15) is 13.9 Å². The summed E-state index contributed by atoms with van der Waals surface area (Å²) in [4.78, 5) is 0. The minimum Gasteiger partial charge on any atom is -0.386 e. The number of aliphatic hydroxyl groups is 1. The third-order valence-electron chi connectivity index (χ3n) is 3.42. The number of aliphatic hydroxyl groups excluding tert-OH is 1. The molecule has 0 fully saturated rings. The van der Waals surface area contributed by atoms with Gasteiger partial charge in [-0.2, -0.15) is 5.10 Å². The van der Waals surface area contributed by atoms with E-state index in [0.29, 0.717) is 5.56 Å². The molecule has 102 valence electrons. The summed E-state index contributed by atoms with van der Waals surface area (Å²) >= 11 is 0. The molecule has 0 saturated carbocycles. The molecule has 1 N–H and O–H groups in total. The van der Waals surface area contributed by atoms with Crippen molar-refractivity contribution in [2.75, 3.05) is 0 Å². The first-order valence-corrected chi connectivity index (χ1v) is 6.03. The summed E-state index contributed by atoms with van der Waals surface area (Å²) in [7, 11) is 0. The largest absolute Gasteiger partial charge is 0.386 e. The van der Waals surface area contributed by atoms with Crippen LogP contribution in [0.3, 0.4) is 0 Å². The van der Waals surface area contributed by atoms with Gasteiger partial charge in [0.1, 0.15) is 0 Å². The Morgan fingerprint density at radius 3 is 2.42 bits per heavy atom. The highest BCUT2D eigenvalue weighted by Crippen LogP contribution is 2.20. The highest BCUT2D eigenvalue weighted by Gasteiger charge is 2.14. The van der Waals surface area contributed by atoms with E-state index in [4.69, 9.17) is 0 Å². The van der Waals surface area contributed by atoms with Gasteiger partial charge in [0.05, 0.1) is 18.3 Å². The zero-order chi connectivity index (χ0) is 14.2. The first kappa shape index (κ1) is 13.7. The zero-order valence-electron chi connectivity index (χ0n) is 11.1. The van der Waals surface area contributed by atoms with Crippen LogP contribution in [0.5, 0.6) is 0 Å². The number of hydrogen-bond donors (Lipinski definition) is 1. The fraction of sp³-hybridized carbons (Fsp3) is 0.357. The zero-order valence-corrected chi connectivity index (χ0v) is 11.1. The number of benzene rings is 1. The van der Waals surface area contributed by atoms with Gasteiger partial charge in [-0.25, -0.2) is 8.78 Å². The van der Waals surface area contributed by atoms with Gasteiger partial charge < -0.3 is 5.11 Å². The number of halogens is 2. The van der Waals surface area contributed by atoms with Gasteiger partial charge in [0, 0.05) is 5.69 Å². The first-order valence-electron chi connectivity index (χ1n) is 6.03. The van der Waals surface area contributed by atoms with Crippen LogP contribution in [0.25, 0.3) is 0 Å². The summed E-state index contributed by atoms with van der Waals surface area (Å²) in [6.45, 7) is 5.97. The maximum Gasteiger partial charge on any atom is 0.159 e. The molecule has 1 aromatic heterocycles. The van der Waals surface area contributed by atoms with Crippen molar-refractivity contribution in [1.29, 1.82) is 0 Å². The second kappa shape index (κ2) is 5.09. The summed E-state index contributed by atoms with van der Waals surface area (Å²) in [6.07, 6.45) is -0.924. The van der Waals surface area contributed by atoms with Crippen LogP contribution in [0.15, 0.2) is 18.2 Å². The molecule has 0 aliphatic heterocycles. The molecule has 0 amide bonds. The van der Waals surface area contributed by atoms with Crippen molar-refractivity contribution in [2.24, 2.45) is 0 Å². The molecule has 0 aliphatic rings. The predicted molar refractivity (Wildman–Crippen MR) is 67.8 cm³/mol. The topological polar surface area (TPSA) is 38.0 Å². The average Bonchev–Trinajstić information content (AvgIpc) is 2.60. The average molecular weight is 266 g/mol. The van der Waals surface area contributed by atoms with Crippen molar-refractivity contribution >= 4 is 0 Å². The Morgan fingerprint density at radius 1 is 1.21 bits per heavy atom. The molecular weight excluding hydrogens is 250 g/mol. The number of nitrogens with zero attached hydrogens (tertiary/aromatic N) is 2. The Labute approximate surface area is 110 Å². The molecule has 0 spiro atoms. The Hall–Kier alpha value is -1.75. The number of hydrogen-bond acceptors (Lipinski definition) is 2. The van der Waals surface area contributed by atoms with Gasteiger partial charge in [-0.15, -0.1) is 0 Å². The fourth-order valence-electron chi connectivity index (χ4n) is 1.95. The highest BCUT2D eigenvalue weighted by atomic mass is 19.2. The summed E-state index contributed by atoms with van der Waals surface area (Å²) in [5, 5.41) is 14.4. The Kier molecular flexibility index (Phi) is 3.66. The normalized spacial score (nSPS) is 12.7. The molecule has 5 heteroatoms. The molecule has 1 aromatic carbocycles. The van der Waals surface area contributed by atoms with Gasteiger partial charge >= 0.3 is 0 Å². The van der Waals surface area contributed by atoms with Gasteiger partial charge in [0.2, 0.25) is 0 Å². The standard InChI is InChI=1S/C14H16F2N2O/c1-8-9(2)17-18(10(8)3)7-14(19)11-4-5-12(15)13(16)6-11/h4-6,14,19H,7H2,1-3H3/t14-/m0/s1. The fourth-order valence-corrected chi connectivity index (χ4v) is 1.95. The highest BCUT2D eigenvalue weighted by molar-refractivity contribution is 5.23. The molecule has 0 radical (unpaired) electrons. The van der Waals surface area contributed by atoms with Crippen LogP contribution in [0.1, 0.15) is 28.6 Å². The SMILES string of the molecule is Cc1nn(C[C@H](O)c2ccc(F)c(F)c2)c(C)c1C. The molecule has 2 aromatic rings. The number of aromatic nitrogens is 2. The van der Waals surface area contributed by atoms with E-state index in [2.05, 4.69) is 5.10 Å². The molecule has 3 nitrogen and oxygen atoms in total. The lowest BCUT2D eigenvalue weighted by atomic mass is 10.1. The third-order valence-corrected chi connectivity index (χ3v) is 3.42. The van der Waals surface area contributed by atoms with Gasteiger partial charge in [0.25, 0.3) is 0 Å². The minimum atomic E-state index is -0.957. The van der Waals surface area contributed by atoms with E-state index >= 15 is 0 Å². The lowest BCUT2D eigenvalue weighted by Gasteiger charge is -2.13. The molecule has 19 heavy (non-hydrogen) atoms. The van der Waals surface area contributed by atoms with Gasteiger partial charge in [0.15, 0.2) is 11.6 Å². The van der Waals surface area contributed by atoms with E-state index < -0.39 is 17.7 Å². The summed E-state index contributed by atoms with van der Waals surface area (Å²) in [6, 6.07) is 3.40. The Morgan fingerprint density at radius 2 is 1.89 bits per heavy atom. The minimum absolute atomic E-state index is 0.214. The maximum atomic E-state index is 13.1. The number of aryl methyl sites for hydroxylation is 1. The molecule has 1 atom stereocenters. The van der Waals surface area contributed by atoms with E-state index in [1.807, 2.05) is 20.8 Å². The van der Waals surface area contributed by atoms with Crippen molar-refractivity contribution < 1.29 is 13.9 Å². The molecular formula is C14H16F2N2O. The van der Waals surface area contributed by atoms with Crippen LogP contribution in [0, 0.1) is 32.4 Å².